The lowest BCUT2D eigenvalue weighted by atomic mass is 10.1. The molecule has 8 nitrogen and oxygen atoms in total. The van der Waals surface area contributed by atoms with E-state index in [1.165, 1.54) is 0 Å². The minimum Gasteiger partial charge on any atom is -0.493 e. The van der Waals surface area contributed by atoms with Crippen LogP contribution in [0.15, 0.2) is 52.4 Å². The number of para-hydroxylation sites is 1. The van der Waals surface area contributed by atoms with E-state index in [4.69, 9.17) is 14.6 Å². The van der Waals surface area contributed by atoms with Crippen molar-refractivity contribution in [2.45, 2.75) is 26.9 Å². The molecule has 0 radical (unpaired) electrons. The molecule has 0 bridgehead atoms. The average molecular weight is 422 g/mol. The minimum atomic E-state index is -0.303. The fourth-order valence-electron chi connectivity index (χ4n) is 3.14. The van der Waals surface area contributed by atoms with Gasteiger partial charge >= 0.3 is 0 Å². The van der Waals surface area contributed by atoms with E-state index in [1.54, 1.807) is 20.2 Å². The first-order valence-electron chi connectivity index (χ1n) is 9.87. The zero-order valence-electron chi connectivity index (χ0n) is 17.8. The number of aromatic amines is 1. The molecule has 0 spiro atoms. The van der Waals surface area contributed by atoms with Crippen molar-refractivity contribution in [3.63, 3.8) is 0 Å². The summed E-state index contributed by atoms with van der Waals surface area (Å²) in [6, 6.07) is 13.6. The first-order chi connectivity index (χ1) is 15.0. The molecular formula is C23H26N4O4. The first-order valence-corrected chi connectivity index (χ1v) is 9.87. The number of hydrogen-bond acceptors (Lipinski definition) is 7. The second kappa shape index (κ2) is 10.4. The van der Waals surface area contributed by atoms with Crippen LogP contribution in [0, 0.1) is 13.8 Å². The van der Waals surface area contributed by atoms with Crippen LogP contribution in [0.3, 0.4) is 0 Å². The van der Waals surface area contributed by atoms with Gasteiger partial charge in [0.1, 0.15) is 6.61 Å². The lowest BCUT2D eigenvalue weighted by Crippen LogP contribution is -2.19. The standard InChI is InChI=1S/C23H26N4O4/c1-15-6-4-7-17(12-15)14-31-21-18(8-5-9-20(21)30-3)13-24-27-23-25-16(2)19(10-11-28)22(29)26-23/h4-9,12-13,28H,10-11,14H2,1-3H3,(H2,25,26,27,29)/b24-13-. The molecule has 2 aromatic carbocycles. The fraction of sp³-hybridized carbons (Fsp3) is 0.261. The Morgan fingerprint density at radius 1 is 1.23 bits per heavy atom. The van der Waals surface area contributed by atoms with Crippen molar-refractivity contribution in [2.75, 3.05) is 19.1 Å². The van der Waals surface area contributed by atoms with Crippen LogP contribution in [0.1, 0.15) is 27.9 Å². The summed E-state index contributed by atoms with van der Waals surface area (Å²) < 4.78 is 11.5. The van der Waals surface area contributed by atoms with Gasteiger partial charge in [0, 0.05) is 24.2 Å². The monoisotopic (exact) mass is 422 g/mol. The number of aliphatic hydroxyl groups is 1. The summed E-state index contributed by atoms with van der Waals surface area (Å²) in [5, 5.41) is 13.2. The molecule has 162 valence electrons. The number of aryl methyl sites for hydroxylation is 2. The van der Waals surface area contributed by atoms with E-state index in [0.717, 1.165) is 11.1 Å². The Balaban J connectivity index is 1.78. The number of anilines is 1. The lowest BCUT2D eigenvalue weighted by Gasteiger charge is -2.13. The van der Waals surface area contributed by atoms with Gasteiger partial charge in [-0.1, -0.05) is 35.9 Å². The maximum Gasteiger partial charge on any atom is 0.255 e. The van der Waals surface area contributed by atoms with E-state index in [1.807, 2.05) is 43.3 Å². The molecule has 0 saturated carbocycles. The topological polar surface area (TPSA) is 109 Å². The third-order valence-corrected chi connectivity index (χ3v) is 4.65. The second-order valence-electron chi connectivity index (χ2n) is 6.98. The number of aliphatic hydroxyl groups excluding tert-OH is 1. The molecular weight excluding hydrogens is 396 g/mol. The number of benzene rings is 2. The number of H-pyrrole nitrogens is 1. The SMILES string of the molecule is COc1cccc(/C=N\Nc2nc(C)c(CCO)c(=O)[nH]2)c1OCc1cccc(C)c1. The minimum absolute atomic E-state index is 0.113. The number of nitrogens with zero attached hydrogens (tertiary/aromatic N) is 2. The summed E-state index contributed by atoms with van der Waals surface area (Å²) in [6.45, 7) is 4.02. The predicted molar refractivity (Wildman–Crippen MR) is 120 cm³/mol. The third-order valence-electron chi connectivity index (χ3n) is 4.65. The molecule has 0 fully saturated rings. The maximum atomic E-state index is 12.1. The summed E-state index contributed by atoms with van der Waals surface area (Å²) in [4.78, 5) is 19.0. The van der Waals surface area contributed by atoms with Crippen LogP contribution in [0.2, 0.25) is 0 Å². The Kier molecular flexibility index (Phi) is 7.40. The summed E-state index contributed by atoms with van der Waals surface area (Å²) in [7, 11) is 1.58. The van der Waals surface area contributed by atoms with Crippen molar-refractivity contribution in [3.8, 4) is 11.5 Å². The van der Waals surface area contributed by atoms with Crippen molar-refractivity contribution < 1.29 is 14.6 Å². The van der Waals surface area contributed by atoms with E-state index in [0.29, 0.717) is 34.9 Å². The quantitative estimate of drug-likeness (QED) is 0.361. The van der Waals surface area contributed by atoms with Gasteiger partial charge in [0.05, 0.1) is 19.0 Å². The van der Waals surface area contributed by atoms with Crippen molar-refractivity contribution in [1.82, 2.24) is 9.97 Å². The number of nitrogens with one attached hydrogen (secondary N) is 2. The van der Waals surface area contributed by atoms with Crippen LogP contribution in [0.5, 0.6) is 11.5 Å². The van der Waals surface area contributed by atoms with Crippen molar-refractivity contribution in [1.29, 1.82) is 0 Å². The molecule has 31 heavy (non-hydrogen) atoms. The zero-order chi connectivity index (χ0) is 22.2. The Hall–Kier alpha value is -3.65. The van der Waals surface area contributed by atoms with Crippen molar-refractivity contribution in [2.24, 2.45) is 5.10 Å². The average Bonchev–Trinajstić information content (AvgIpc) is 2.75. The maximum absolute atomic E-state index is 12.1. The van der Waals surface area contributed by atoms with Crippen molar-refractivity contribution in [3.05, 3.63) is 80.8 Å². The van der Waals surface area contributed by atoms with Gasteiger partial charge in [-0.15, -0.1) is 0 Å². The van der Waals surface area contributed by atoms with Gasteiger partial charge in [-0.3, -0.25) is 9.78 Å². The number of hydrogen-bond donors (Lipinski definition) is 3. The van der Waals surface area contributed by atoms with E-state index < -0.39 is 0 Å². The highest BCUT2D eigenvalue weighted by Gasteiger charge is 2.10. The highest BCUT2D eigenvalue weighted by atomic mass is 16.5. The lowest BCUT2D eigenvalue weighted by molar-refractivity contribution is 0.284. The summed E-state index contributed by atoms with van der Waals surface area (Å²) >= 11 is 0. The van der Waals surface area contributed by atoms with E-state index in [-0.39, 0.29) is 24.5 Å². The molecule has 0 saturated heterocycles. The van der Waals surface area contributed by atoms with Gasteiger partial charge in [0.15, 0.2) is 11.5 Å². The predicted octanol–water partition coefficient (Wildman–Crippen LogP) is 2.96. The Morgan fingerprint density at radius 2 is 2.03 bits per heavy atom. The largest absolute Gasteiger partial charge is 0.493 e. The molecule has 1 heterocycles. The number of hydrazone groups is 1. The molecule has 0 aliphatic rings. The molecule has 0 amide bonds. The number of rotatable bonds is 9. The molecule has 0 atom stereocenters. The first kappa shape index (κ1) is 22.0. The highest BCUT2D eigenvalue weighted by Crippen LogP contribution is 2.31. The number of aromatic nitrogens is 2. The van der Waals surface area contributed by atoms with Crippen LogP contribution < -0.4 is 20.5 Å². The van der Waals surface area contributed by atoms with Crippen LogP contribution in [0.25, 0.3) is 0 Å². The van der Waals surface area contributed by atoms with Crippen LogP contribution in [-0.4, -0.2) is 35.0 Å². The van der Waals surface area contributed by atoms with Gasteiger partial charge < -0.3 is 14.6 Å². The van der Waals surface area contributed by atoms with E-state index in [9.17, 15) is 4.79 Å². The Bertz CT molecular complexity index is 1120. The molecule has 0 aliphatic heterocycles. The van der Waals surface area contributed by atoms with Crippen LogP contribution in [0.4, 0.5) is 5.95 Å². The molecule has 3 N–H and O–H groups in total. The van der Waals surface area contributed by atoms with Gasteiger partial charge in [0.25, 0.3) is 5.56 Å². The number of methoxy groups -OCH3 is 1. The van der Waals surface area contributed by atoms with Gasteiger partial charge in [0.2, 0.25) is 5.95 Å². The summed E-state index contributed by atoms with van der Waals surface area (Å²) in [5.74, 6) is 1.37. The smallest absolute Gasteiger partial charge is 0.255 e. The molecule has 3 rings (SSSR count). The normalized spacial score (nSPS) is 11.0. The highest BCUT2D eigenvalue weighted by molar-refractivity contribution is 5.85. The van der Waals surface area contributed by atoms with Gasteiger partial charge in [-0.2, -0.15) is 5.10 Å². The van der Waals surface area contributed by atoms with Crippen LogP contribution >= 0.6 is 0 Å². The second-order valence-corrected chi connectivity index (χ2v) is 6.98. The molecule has 3 aromatic rings. The van der Waals surface area contributed by atoms with Crippen LogP contribution in [-0.2, 0) is 13.0 Å². The molecule has 8 heteroatoms. The van der Waals surface area contributed by atoms with E-state index in [2.05, 4.69) is 26.6 Å². The van der Waals surface area contributed by atoms with Gasteiger partial charge in [-0.05, 0) is 31.5 Å². The summed E-state index contributed by atoms with van der Waals surface area (Å²) in [6.07, 6.45) is 1.83. The third kappa shape index (κ3) is 5.70. The Labute approximate surface area is 180 Å². The summed E-state index contributed by atoms with van der Waals surface area (Å²) in [5.41, 5.74) is 6.34. The zero-order valence-corrected chi connectivity index (χ0v) is 17.8. The molecule has 0 unspecified atom stereocenters. The molecule has 0 aliphatic carbocycles. The van der Waals surface area contributed by atoms with E-state index >= 15 is 0 Å². The number of ether oxygens (including phenoxy) is 2. The van der Waals surface area contributed by atoms with Gasteiger partial charge in [-0.25, -0.2) is 10.4 Å². The molecule has 1 aromatic heterocycles. The fourth-order valence-corrected chi connectivity index (χ4v) is 3.14. The Morgan fingerprint density at radius 3 is 2.74 bits per heavy atom. The van der Waals surface area contributed by atoms with Crippen molar-refractivity contribution >= 4 is 12.2 Å².